The maximum absolute atomic E-state index is 12.2. The van der Waals surface area contributed by atoms with Crippen LogP contribution in [-0.4, -0.2) is 23.0 Å². The Balaban J connectivity index is 1.58. The monoisotopic (exact) mass is 378 g/mol. The Kier molecular flexibility index (Phi) is 5.91. The fraction of sp³-hybridized carbons (Fsp3) is 0. The van der Waals surface area contributed by atoms with Crippen LogP contribution in [0.2, 0.25) is 5.02 Å². The van der Waals surface area contributed by atoms with Gasteiger partial charge in [0.25, 0.3) is 11.8 Å². The Morgan fingerprint density at radius 3 is 2.37 bits per heavy atom. The number of nitrogens with one attached hydrogen (secondary N) is 2. The molecule has 6 nitrogen and oxygen atoms in total. The van der Waals surface area contributed by atoms with Gasteiger partial charge in [-0.1, -0.05) is 17.7 Å². The molecule has 2 N–H and O–H groups in total. The third-order valence-corrected chi connectivity index (χ3v) is 3.81. The molecule has 0 saturated carbocycles. The summed E-state index contributed by atoms with van der Waals surface area (Å²) in [5.41, 5.74) is 4.71. The molecule has 0 aliphatic rings. The molecular formula is C20H15ClN4O2. The Labute approximate surface area is 160 Å². The predicted molar refractivity (Wildman–Crippen MR) is 105 cm³/mol. The number of hydrogen-bond acceptors (Lipinski definition) is 4. The van der Waals surface area contributed by atoms with E-state index in [0.29, 0.717) is 21.8 Å². The first kappa shape index (κ1) is 18.3. The quantitative estimate of drug-likeness (QED) is 0.524. The molecule has 3 rings (SSSR count). The fourth-order valence-electron chi connectivity index (χ4n) is 2.22. The number of rotatable bonds is 5. The maximum Gasteiger partial charge on any atom is 0.271 e. The van der Waals surface area contributed by atoms with Gasteiger partial charge in [0.1, 0.15) is 0 Å². The molecule has 1 aromatic heterocycles. The summed E-state index contributed by atoms with van der Waals surface area (Å²) in [5.74, 6) is -0.635. The molecule has 2 amide bonds. The molecule has 0 atom stereocenters. The molecular weight excluding hydrogens is 364 g/mol. The fourth-order valence-corrected chi connectivity index (χ4v) is 2.41. The first-order valence-corrected chi connectivity index (χ1v) is 8.40. The van der Waals surface area contributed by atoms with Crippen molar-refractivity contribution in [3.8, 4) is 0 Å². The summed E-state index contributed by atoms with van der Waals surface area (Å²) in [6.45, 7) is 0. The molecule has 0 radical (unpaired) electrons. The Morgan fingerprint density at radius 2 is 1.67 bits per heavy atom. The highest BCUT2D eigenvalue weighted by molar-refractivity contribution is 6.31. The van der Waals surface area contributed by atoms with Gasteiger partial charge in [0.05, 0.1) is 6.21 Å². The van der Waals surface area contributed by atoms with Crippen LogP contribution in [0.15, 0.2) is 78.2 Å². The van der Waals surface area contributed by atoms with Gasteiger partial charge < -0.3 is 5.32 Å². The van der Waals surface area contributed by atoms with Crippen molar-refractivity contribution in [2.75, 3.05) is 5.32 Å². The van der Waals surface area contributed by atoms with Crippen molar-refractivity contribution >= 4 is 35.3 Å². The first-order chi connectivity index (χ1) is 13.1. The molecule has 134 valence electrons. The molecule has 1 heterocycles. The number of anilines is 1. The second-order valence-corrected chi connectivity index (χ2v) is 5.96. The lowest BCUT2D eigenvalue weighted by atomic mass is 10.1. The lowest BCUT2D eigenvalue weighted by Crippen LogP contribution is -2.17. The minimum Gasteiger partial charge on any atom is -0.322 e. The highest BCUT2D eigenvalue weighted by Crippen LogP contribution is 2.14. The number of amides is 2. The zero-order valence-corrected chi connectivity index (χ0v) is 14.9. The summed E-state index contributed by atoms with van der Waals surface area (Å²) in [4.78, 5) is 28.2. The summed E-state index contributed by atoms with van der Waals surface area (Å²) in [6, 6.07) is 16.7. The van der Waals surface area contributed by atoms with Crippen molar-refractivity contribution in [2.45, 2.75) is 0 Å². The van der Waals surface area contributed by atoms with Gasteiger partial charge >= 0.3 is 0 Å². The van der Waals surface area contributed by atoms with E-state index in [1.807, 2.05) is 0 Å². The van der Waals surface area contributed by atoms with Gasteiger partial charge in [0.15, 0.2) is 0 Å². The van der Waals surface area contributed by atoms with Crippen LogP contribution in [0, 0.1) is 0 Å². The van der Waals surface area contributed by atoms with Gasteiger partial charge in [-0.3, -0.25) is 14.6 Å². The zero-order chi connectivity index (χ0) is 19.1. The molecule has 0 bridgehead atoms. The number of hydrogen-bond donors (Lipinski definition) is 2. The van der Waals surface area contributed by atoms with E-state index < -0.39 is 0 Å². The van der Waals surface area contributed by atoms with Crippen LogP contribution in [0.1, 0.15) is 26.3 Å². The number of nitrogens with zero attached hydrogens (tertiary/aromatic N) is 2. The summed E-state index contributed by atoms with van der Waals surface area (Å²) in [7, 11) is 0. The summed E-state index contributed by atoms with van der Waals surface area (Å²) >= 11 is 5.89. The third-order valence-electron chi connectivity index (χ3n) is 3.58. The summed E-state index contributed by atoms with van der Waals surface area (Å²) in [6.07, 6.45) is 4.80. The van der Waals surface area contributed by atoms with E-state index in [4.69, 9.17) is 11.6 Å². The number of aromatic nitrogens is 1. The van der Waals surface area contributed by atoms with Crippen molar-refractivity contribution in [1.29, 1.82) is 0 Å². The van der Waals surface area contributed by atoms with E-state index in [9.17, 15) is 9.59 Å². The lowest BCUT2D eigenvalue weighted by molar-refractivity contribution is 0.0954. The molecule has 0 saturated heterocycles. The van der Waals surface area contributed by atoms with Crippen LogP contribution < -0.4 is 10.7 Å². The van der Waals surface area contributed by atoms with Crippen molar-refractivity contribution in [1.82, 2.24) is 10.4 Å². The normalized spacial score (nSPS) is 10.6. The second kappa shape index (κ2) is 8.73. The Morgan fingerprint density at radius 1 is 0.926 bits per heavy atom. The minimum atomic E-state index is -0.354. The number of hydrazone groups is 1. The maximum atomic E-state index is 12.2. The molecule has 0 aliphatic heterocycles. The molecule has 27 heavy (non-hydrogen) atoms. The first-order valence-electron chi connectivity index (χ1n) is 8.02. The standard InChI is InChI=1S/C20H15ClN4O2/c21-17-3-1-2-16(12-17)19(26)24-18-6-4-15(5-7-18)20(27)25-23-13-14-8-10-22-11-9-14/h1-13H,(H,24,26)(H,25,27)/b23-13-. The van der Waals surface area contributed by atoms with Crippen molar-refractivity contribution < 1.29 is 9.59 Å². The Hall–Kier alpha value is -3.51. The highest BCUT2D eigenvalue weighted by Gasteiger charge is 2.08. The average Bonchev–Trinajstić information content (AvgIpc) is 2.69. The van der Waals surface area contributed by atoms with Gasteiger partial charge in [-0.2, -0.15) is 5.10 Å². The lowest BCUT2D eigenvalue weighted by Gasteiger charge is -2.06. The van der Waals surface area contributed by atoms with Crippen LogP contribution in [0.3, 0.4) is 0 Å². The second-order valence-electron chi connectivity index (χ2n) is 5.52. The predicted octanol–water partition coefficient (Wildman–Crippen LogP) is 3.75. The number of carbonyl (C=O) groups excluding carboxylic acids is 2. The summed E-state index contributed by atoms with van der Waals surface area (Å²) in [5, 5.41) is 7.14. The van der Waals surface area contributed by atoms with Crippen LogP contribution >= 0.6 is 11.6 Å². The summed E-state index contributed by atoms with van der Waals surface area (Å²) < 4.78 is 0. The number of benzene rings is 2. The van der Waals surface area contributed by atoms with E-state index in [1.54, 1.807) is 73.1 Å². The van der Waals surface area contributed by atoms with Crippen molar-refractivity contribution in [3.05, 3.63) is 94.8 Å². The van der Waals surface area contributed by atoms with E-state index >= 15 is 0 Å². The SMILES string of the molecule is O=C(N/N=C\c1ccncc1)c1ccc(NC(=O)c2cccc(Cl)c2)cc1. The van der Waals surface area contributed by atoms with Crippen molar-refractivity contribution in [3.63, 3.8) is 0 Å². The molecule has 0 spiro atoms. The Bertz CT molecular complexity index is 973. The third kappa shape index (κ3) is 5.23. The largest absolute Gasteiger partial charge is 0.322 e. The number of carbonyl (C=O) groups is 2. The van der Waals surface area contributed by atoms with Crippen LogP contribution in [-0.2, 0) is 0 Å². The zero-order valence-electron chi connectivity index (χ0n) is 14.1. The molecule has 0 unspecified atom stereocenters. The molecule has 2 aromatic carbocycles. The van der Waals surface area contributed by atoms with Gasteiger partial charge in [-0.15, -0.1) is 0 Å². The minimum absolute atomic E-state index is 0.281. The van der Waals surface area contributed by atoms with Gasteiger partial charge in [0, 0.05) is 34.2 Å². The highest BCUT2D eigenvalue weighted by atomic mass is 35.5. The van der Waals surface area contributed by atoms with Crippen LogP contribution in [0.25, 0.3) is 0 Å². The smallest absolute Gasteiger partial charge is 0.271 e. The topological polar surface area (TPSA) is 83.4 Å². The number of halogens is 1. The molecule has 0 fully saturated rings. The van der Waals surface area contributed by atoms with Crippen LogP contribution in [0.4, 0.5) is 5.69 Å². The van der Waals surface area contributed by atoms with Crippen LogP contribution in [0.5, 0.6) is 0 Å². The molecule has 3 aromatic rings. The van der Waals surface area contributed by atoms with Gasteiger partial charge in [0.2, 0.25) is 0 Å². The van der Waals surface area contributed by atoms with Crippen molar-refractivity contribution in [2.24, 2.45) is 5.10 Å². The van der Waals surface area contributed by atoms with E-state index in [1.165, 1.54) is 6.21 Å². The molecule has 0 aliphatic carbocycles. The van der Waals surface area contributed by atoms with E-state index in [0.717, 1.165) is 5.56 Å². The number of pyridine rings is 1. The van der Waals surface area contributed by atoms with Gasteiger partial charge in [-0.05, 0) is 60.2 Å². The van der Waals surface area contributed by atoms with Gasteiger partial charge in [-0.25, -0.2) is 5.43 Å². The average molecular weight is 379 g/mol. The van der Waals surface area contributed by atoms with E-state index in [-0.39, 0.29) is 11.8 Å². The molecule has 7 heteroatoms. The van der Waals surface area contributed by atoms with E-state index in [2.05, 4.69) is 20.8 Å².